The Morgan fingerprint density at radius 2 is 2.13 bits per heavy atom. The molecule has 0 aliphatic rings. The molecule has 0 atom stereocenters. The molecular formula is C10H11F2NOS. The van der Waals surface area contributed by atoms with Gasteiger partial charge in [0, 0.05) is 4.90 Å². The van der Waals surface area contributed by atoms with Gasteiger partial charge in [-0.05, 0) is 17.9 Å². The normalized spacial score (nSPS) is 10.4. The number of anilines is 1. The lowest BCUT2D eigenvalue weighted by molar-refractivity contribution is -0.126. The van der Waals surface area contributed by atoms with E-state index in [1.807, 2.05) is 6.92 Å². The molecule has 1 amide bonds. The Balaban J connectivity index is 2.79. The van der Waals surface area contributed by atoms with Crippen LogP contribution in [0.1, 0.15) is 6.92 Å². The smallest absolute Gasteiger partial charge is 0.315 e. The van der Waals surface area contributed by atoms with Gasteiger partial charge >= 0.3 is 6.43 Å². The number of thioether (sulfide) groups is 1. The van der Waals surface area contributed by atoms with Crippen molar-refractivity contribution in [2.24, 2.45) is 0 Å². The number of nitrogens with one attached hydrogen (secondary N) is 1. The lowest BCUT2D eigenvalue weighted by Crippen LogP contribution is -2.20. The first-order valence-electron chi connectivity index (χ1n) is 4.46. The molecule has 0 saturated carbocycles. The van der Waals surface area contributed by atoms with Gasteiger partial charge in [0.05, 0.1) is 5.69 Å². The molecular weight excluding hydrogens is 220 g/mol. The summed E-state index contributed by atoms with van der Waals surface area (Å²) in [7, 11) is 0. The number of amides is 1. The van der Waals surface area contributed by atoms with Crippen molar-refractivity contribution in [3.63, 3.8) is 0 Å². The van der Waals surface area contributed by atoms with Crippen LogP contribution < -0.4 is 5.32 Å². The highest BCUT2D eigenvalue weighted by atomic mass is 32.2. The van der Waals surface area contributed by atoms with Crippen molar-refractivity contribution in [1.29, 1.82) is 0 Å². The van der Waals surface area contributed by atoms with Crippen molar-refractivity contribution in [2.45, 2.75) is 18.2 Å². The van der Waals surface area contributed by atoms with E-state index in [0.29, 0.717) is 5.69 Å². The molecule has 2 nitrogen and oxygen atoms in total. The second kappa shape index (κ2) is 5.70. The van der Waals surface area contributed by atoms with Crippen LogP contribution in [0.25, 0.3) is 0 Å². The Labute approximate surface area is 91.1 Å². The highest BCUT2D eigenvalue weighted by Crippen LogP contribution is 2.26. The monoisotopic (exact) mass is 231 g/mol. The topological polar surface area (TPSA) is 29.1 Å². The van der Waals surface area contributed by atoms with E-state index in [-0.39, 0.29) is 0 Å². The van der Waals surface area contributed by atoms with Gasteiger partial charge in [0.2, 0.25) is 0 Å². The number of para-hydroxylation sites is 1. The maximum atomic E-state index is 12.0. The van der Waals surface area contributed by atoms with Crippen LogP contribution in [-0.4, -0.2) is 18.1 Å². The molecule has 1 aromatic carbocycles. The number of carbonyl (C=O) groups is 1. The van der Waals surface area contributed by atoms with Crippen LogP contribution in [0.4, 0.5) is 14.5 Å². The average molecular weight is 231 g/mol. The van der Waals surface area contributed by atoms with Gasteiger partial charge in [-0.1, -0.05) is 19.1 Å². The van der Waals surface area contributed by atoms with E-state index in [9.17, 15) is 13.6 Å². The lowest BCUT2D eigenvalue weighted by Gasteiger charge is -2.09. The number of benzene rings is 1. The zero-order valence-corrected chi connectivity index (χ0v) is 8.98. The molecule has 1 N–H and O–H groups in total. The molecule has 0 saturated heterocycles. The average Bonchev–Trinajstić information content (AvgIpc) is 2.21. The minimum absolute atomic E-state index is 0.439. The summed E-state index contributed by atoms with van der Waals surface area (Å²) in [6.45, 7) is 1.95. The third-order valence-electron chi connectivity index (χ3n) is 1.64. The fraction of sp³-hybridized carbons (Fsp3) is 0.300. The van der Waals surface area contributed by atoms with Gasteiger partial charge in [-0.25, -0.2) is 0 Å². The molecule has 0 aliphatic heterocycles. The summed E-state index contributed by atoms with van der Waals surface area (Å²) in [5.74, 6) is -0.444. The second-order valence-electron chi connectivity index (χ2n) is 2.72. The van der Waals surface area contributed by atoms with Crippen LogP contribution in [0.2, 0.25) is 0 Å². The number of halogens is 2. The minimum atomic E-state index is -2.98. The van der Waals surface area contributed by atoms with E-state index in [1.54, 1.807) is 24.3 Å². The van der Waals surface area contributed by atoms with Crippen LogP contribution in [-0.2, 0) is 4.79 Å². The fourth-order valence-electron chi connectivity index (χ4n) is 1.04. The summed E-state index contributed by atoms with van der Waals surface area (Å²) in [6, 6.07) is 6.89. The maximum Gasteiger partial charge on any atom is 0.315 e. The molecule has 5 heteroatoms. The first kappa shape index (κ1) is 12.0. The Morgan fingerprint density at radius 3 is 2.73 bits per heavy atom. The van der Waals surface area contributed by atoms with Crippen molar-refractivity contribution in [1.82, 2.24) is 0 Å². The predicted molar refractivity (Wildman–Crippen MR) is 57.5 cm³/mol. The van der Waals surface area contributed by atoms with E-state index >= 15 is 0 Å². The van der Waals surface area contributed by atoms with Crippen molar-refractivity contribution in [2.75, 3.05) is 11.1 Å². The quantitative estimate of drug-likeness (QED) is 0.807. The third-order valence-corrected chi connectivity index (χ3v) is 2.60. The second-order valence-corrected chi connectivity index (χ2v) is 4.02. The van der Waals surface area contributed by atoms with Gasteiger partial charge in [0.25, 0.3) is 5.91 Å². The standard InChI is InChI=1S/C10H11F2NOS/c1-2-15-8-6-4-3-5-7(8)13-10(14)9(11)12/h3-6,9H,2H2,1H3,(H,13,14). The lowest BCUT2D eigenvalue weighted by atomic mass is 10.3. The van der Waals surface area contributed by atoms with Crippen molar-refractivity contribution >= 4 is 23.4 Å². The molecule has 0 heterocycles. The zero-order chi connectivity index (χ0) is 11.3. The van der Waals surface area contributed by atoms with E-state index in [1.165, 1.54) is 11.8 Å². The van der Waals surface area contributed by atoms with Crippen LogP contribution >= 0.6 is 11.8 Å². The van der Waals surface area contributed by atoms with Gasteiger partial charge in [-0.3, -0.25) is 4.79 Å². The van der Waals surface area contributed by atoms with E-state index in [2.05, 4.69) is 5.32 Å². The van der Waals surface area contributed by atoms with Crippen LogP contribution in [0.5, 0.6) is 0 Å². The fourth-order valence-corrected chi connectivity index (χ4v) is 1.80. The Hall–Kier alpha value is -1.10. The van der Waals surface area contributed by atoms with Crippen LogP contribution in [0, 0.1) is 0 Å². The Bertz CT molecular complexity index is 344. The number of carbonyl (C=O) groups excluding carboxylic acids is 1. The van der Waals surface area contributed by atoms with Gasteiger partial charge in [0.15, 0.2) is 0 Å². The number of rotatable bonds is 4. The molecule has 0 aromatic heterocycles. The third kappa shape index (κ3) is 3.51. The highest BCUT2D eigenvalue weighted by molar-refractivity contribution is 7.99. The van der Waals surface area contributed by atoms with Crippen molar-refractivity contribution in [3.8, 4) is 0 Å². The summed E-state index contributed by atoms with van der Waals surface area (Å²) in [6.07, 6.45) is -2.98. The number of hydrogen-bond donors (Lipinski definition) is 1. The predicted octanol–water partition coefficient (Wildman–Crippen LogP) is 3.00. The van der Waals surface area contributed by atoms with Gasteiger partial charge in [-0.15, -0.1) is 11.8 Å². The van der Waals surface area contributed by atoms with Crippen LogP contribution in [0.3, 0.4) is 0 Å². The van der Waals surface area contributed by atoms with Crippen molar-refractivity contribution < 1.29 is 13.6 Å². The summed E-state index contributed by atoms with van der Waals surface area (Å²) >= 11 is 1.50. The molecule has 0 aliphatic carbocycles. The zero-order valence-electron chi connectivity index (χ0n) is 8.17. The summed E-state index contributed by atoms with van der Waals surface area (Å²) < 4.78 is 24.0. The molecule has 0 bridgehead atoms. The maximum absolute atomic E-state index is 12.0. The molecule has 1 aromatic rings. The van der Waals surface area contributed by atoms with Gasteiger partial charge < -0.3 is 5.32 Å². The summed E-state index contributed by atoms with van der Waals surface area (Å²) in [5, 5.41) is 2.18. The molecule has 82 valence electrons. The SMILES string of the molecule is CCSc1ccccc1NC(=O)C(F)F. The molecule has 0 radical (unpaired) electrons. The molecule has 15 heavy (non-hydrogen) atoms. The summed E-state index contributed by atoms with van der Waals surface area (Å²) in [5.41, 5.74) is 0.439. The van der Waals surface area contributed by atoms with Crippen molar-refractivity contribution in [3.05, 3.63) is 24.3 Å². The largest absolute Gasteiger partial charge is 0.320 e. The minimum Gasteiger partial charge on any atom is -0.320 e. The van der Waals surface area contributed by atoms with E-state index < -0.39 is 12.3 Å². The van der Waals surface area contributed by atoms with E-state index in [0.717, 1.165) is 10.6 Å². The molecule has 1 rings (SSSR count). The van der Waals surface area contributed by atoms with E-state index in [4.69, 9.17) is 0 Å². The number of hydrogen-bond acceptors (Lipinski definition) is 2. The Kier molecular flexibility index (Phi) is 4.55. The molecule has 0 fully saturated rings. The number of alkyl halides is 2. The summed E-state index contributed by atoms with van der Waals surface area (Å²) in [4.78, 5) is 11.6. The highest BCUT2D eigenvalue weighted by Gasteiger charge is 2.16. The first-order valence-corrected chi connectivity index (χ1v) is 5.44. The van der Waals surface area contributed by atoms with Gasteiger partial charge in [0.1, 0.15) is 0 Å². The Morgan fingerprint density at radius 1 is 1.47 bits per heavy atom. The first-order chi connectivity index (χ1) is 7.15. The molecule has 0 spiro atoms. The van der Waals surface area contributed by atoms with Gasteiger partial charge in [-0.2, -0.15) is 8.78 Å². The molecule has 0 unspecified atom stereocenters. The van der Waals surface area contributed by atoms with Crippen LogP contribution in [0.15, 0.2) is 29.2 Å².